The lowest BCUT2D eigenvalue weighted by Crippen LogP contribution is -2.38. The fourth-order valence-electron chi connectivity index (χ4n) is 3.21. The molecule has 2 aromatic rings. The highest BCUT2D eigenvalue weighted by atomic mass is 16.3. The number of carboxylic acid groups (broad SMARTS) is 1. The van der Waals surface area contributed by atoms with Crippen molar-refractivity contribution in [3.05, 3.63) is 47.8 Å². The summed E-state index contributed by atoms with van der Waals surface area (Å²) in [6.45, 7) is 4.78. The first-order chi connectivity index (χ1) is 13.9. The van der Waals surface area contributed by atoms with E-state index >= 15 is 0 Å². The molecule has 0 radical (unpaired) electrons. The maximum atomic E-state index is 12.6. The quantitative estimate of drug-likeness (QED) is 0.746. The van der Waals surface area contributed by atoms with Crippen molar-refractivity contribution in [2.75, 3.05) is 38.0 Å². The van der Waals surface area contributed by atoms with Crippen molar-refractivity contribution in [1.82, 2.24) is 19.6 Å². The fourth-order valence-corrected chi connectivity index (χ4v) is 3.21. The van der Waals surface area contributed by atoms with E-state index in [2.05, 4.69) is 15.3 Å². The predicted octanol–water partition coefficient (Wildman–Crippen LogP) is 1.22. The molecule has 1 aliphatic rings. The standard InChI is InChI=1S/C19H25N5O2.CH2O2/c1-15-17(13-22(2)21-15)20-18(25)14-23-9-6-10-24(12-11-23)19(26)16-7-4-3-5-8-16;2-1-3/h3-5,7-8,13H,6,9-12,14H2,1-2H3,(H,20,25);1H,(H,2,3). The predicted molar refractivity (Wildman–Crippen MR) is 109 cm³/mol. The third-order valence-corrected chi connectivity index (χ3v) is 4.55. The van der Waals surface area contributed by atoms with Gasteiger partial charge in [0.1, 0.15) is 0 Å². The van der Waals surface area contributed by atoms with Crippen LogP contribution in [-0.2, 0) is 16.6 Å². The summed E-state index contributed by atoms with van der Waals surface area (Å²) in [5.41, 5.74) is 2.26. The molecule has 1 aliphatic heterocycles. The van der Waals surface area contributed by atoms with Crippen LogP contribution in [0, 0.1) is 6.92 Å². The monoisotopic (exact) mass is 401 g/mol. The van der Waals surface area contributed by atoms with Crippen molar-refractivity contribution in [2.45, 2.75) is 13.3 Å². The van der Waals surface area contributed by atoms with Crippen LogP contribution in [0.5, 0.6) is 0 Å². The summed E-state index contributed by atoms with van der Waals surface area (Å²) in [5.74, 6) is 0.00632. The minimum Gasteiger partial charge on any atom is -0.483 e. The largest absolute Gasteiger partial charge is 0.483 e. The molecule has 29 heavy (non-hydrogen) atoms. The molecule has 9 nitrogen and oxygen atoms in total. The molecule has 1 aromatic carbocycles. The second-order valence-electron chi connectivity index (χ2n) is 6.74. The molecule has 156 valence electrons. The Labute approximate surface area is 169 Å². The van der Waals surface area contributed by atoms with Gasteiger partial charge in [0.2, 0.25) is 5.91 Å². The lowest BCUT2D eigenvalue weighted by Gasteiger charge is -2.21. The number of benzene rings is 1. The number of hydrogen-bond donors (Lipinski definition) is 2. The van der Waals surface area contributed by atoms with Gasteiger partial charge in [-0.2, -0.15) is 5.10 Å². The second-order valence-corrected chi connectivity index (χ2v) is 6.74. The lowest BCUT2D eigenvalue weighted by atomic mass is 10.2. The van der Waals surface area contributed by atoms with Crippen LogP contribution in [0.15, 0.2) is 36.5 Å². The second kappa shape index (κ2) is 11.0. The molecule has 9 heteroatoms. The van der Waals surface area contributed by atoms with E-state index in [1.807, 2.05) is 49.2 Å². The van der Waals surface area contributed by atoms with E-state index in [-0.39, 0.29) is 18.3 Å². The van der Waals surface area contributed by atoms with Gasteiger partial charge in [-0.05, 0) is 25.5 Å². The minimum absolute atomic E-state index is 0.0519. The van der Waals surface area contributed by atoms with Crippen molar-refractivity contribution in [3.63, 3.8) is 0 Å². The van der Waals surface area contributed by atoms with Crippen LogP contribution >= 0.6 is 0 Å². The zero-order valence-corrected chi connectivity index (χ0v) is 16.7. The Balaban J connectivity index is 0.000000941. The van der Waals surface area contributed by atoms with Crippen LogP contribution in [0.2, 0.25) is 0 Å². The Morgan fingerprint density at radius 3 is 2.48 bits per heavy atom. The number of nitrogens with one attached hydrogen (secondary N) is 1. The van der Waals surface area contributed by atoms with E-state index in [4.69, 9.17) is 9.90 Å². The van der Waals surface area contributed by atoms with Crippen molar-refractivity contribution in [3.8, 4) is 0 Å². The van der Waals surface area contributed by atoms with Crippen LogP contribution in [0.1, 0.15) is 22.5 Å². The molecule has 0 atom stereocenters. The van der Waals surface area contributed by atoms with Gasteiger partial charge in [0, 0.05) is 45.0 Å². The van der Waals surface area contributed by atoms with Crippen LogP contribution < -0.4 is 5.32 Å². The van der Waals surface area contributed by atoms with Gasteiger partial charge >= 0.3 is 0 Å². The maximum Gasteiger partial charge on any atom is 0.290 e. The summed E-state index contributed by atoms with van der Waals surface area (Å²) in [4.78, 5) is 37.2. The number of hydrogen-bond acceptors (Lipinski definition) is 5. The van der Waals surface area contributed by atoms with E-state index in [9.17, 15) is 9.59 Å². The molecular weight excluding hydrogens is 374 g/mol. The first-order valence-electron chi connectivity index (χ1n) is 9.39. The van der Waals surface area contributed by atoms with Gasteiger partial charge in [0.25, 0.3) is 12.4 Å². The van der Waals surface area contributed by atoms with Crippen molar-refractivity contribution < 1.29 is 19.5 Å². The Kier molecular flexibility index (Phi) is 8.35. The summed E-state index contributed by atoms with van der Waals surface area (Å²) < 4.78 is 1.68. The van der Waals surface area contributed by atoms with E-state index in [1.165, 1.54) is 0 Å². The number of aryl methyl sites for hydroxylation is 2. The van der Waals surface area contributed by atoms with Gasteiger partial charge < -0.3 is 15.3 Å². The van der Waals surface area contributed by atoms with E-state index < -0.39 is 0 Å². The van der Waals surface area contributed by atoms with Gasteiger partial charge in [-0.3, -0.25) is 24.0 Å². The van der Waals surface area contributed by atoms with Crippen molar-refractivity contribution in [1.29, 1.82) is 0 Å². The molecule has 0 unspecified atom stereocenters. The average Bonchev–Trinajstić information content (AvgIpc) is 2.88. The summed E-state index contributed by atoms with van der Waals surface area (Å²) in [6.07, 6.45) is 2.66. The molecule has 0 spiro atoms. The van der Waals surface area contributed by atoms with Gasteiger partial charge in [-0.1, -0.05) is 18.2 Å². The van der Waals surface area contributed by atoms with Crippen LogP contribution in [-0.4, -0.2) is 75.7 Å². The smallest absolute Gasteiger partial charge is 0.290 e. The summed E-state index contributed by atoms with van der Waals surface area (Å²) in [7, 11) is 1.83. The molecule has 0 bridgehead atoms. The first kappa shape index (κ1) is 22.1. The highest BCUT2D eigenvalue weighted by Crippen LogP contribution is 2.12. The average molecular weight is 401 g/mol. The zero-order valence-electron chi connectivity index (χ0n) is 16.7. The minimum atomic E-state index is -0.250. The molecule has 1 aromatic heterocycles. The van der Waals surface area contributed by atoms with Gasteiger partial charge in [-0.15, -0.1) is 0 Å². The van der Waals surface area contributed by atoms with E-state index in [0.717, 1.165) is 24.3 Å². The number of carbonyl (C=O) groups is 3. The highest BCUT2D eigenvalue weighted by molar-refractivity contribution is 5.94. The lowest BCUT2D eigenvalue weighted by molar-refractivity contribution is -0.123. The zero-order chi connectivity index (χ0) is 21.2. The molecule has 2 amide bonds. The van der Waals surface area contributed by atoms with E-state index in [1.54, 1.807) is 10.9 Å². The number of anilines is 1. The SMILES string of the molecule is Cc1nn(C)cc1NC(=O)CN1CCCN(C(=O)c2ccccc2)CC1.O=CO. The molecule has 1 fully saturated rings. The van der Waals surface area contributed by atoms with Crippen molar-refractivity contribution >= 4 is 24.0 Å². The Morgan fingerprint density at radius 1 is 1.17 bits per heavy atom. The number of amides is 2. The Morgan fingerprint density at radius 2 is 1.86 bits per heavy atom. The topological polar surface area (TPSA) is 108 Å². The number of nitrogens with zero attached hydrogens (tertiary/aromatic N) is 4. The fraction of sp³-hybridized carbons (Fsp3) is 0.400. The Bertz CT molecular complexity index is 822. The Hall–Kier alpha value is -3.20. The molecule has 2 N–H and O–H groups in total. The number of carbonyl (C=O) groups excluding carboxylic acids is 2. The molecule has 0 aliphatic carbocycles. The highest BCUT2D eigenvalue weighted by Gasteiger charge is 2.21. The van der Waals surface area contributed by atoms with Crippen molar-refractivity contribution in [2.24, 2.45) is 7.05 Å². The summed E-state index contributed by atoms with van der Waals surface area (Å²) in [5, 5.41) is 14.0. The molecule has 2 heterocycles. The van der Waals surface area contributed by atoms with Gasteiger partial charge in [0.05, 0.1) is 17.9 Å². The molecule has 0 saturated carbocycles. The maximum absolute atomic E-state index is 12.6. The third-order valence-electron chi connectivity index (χ3n) is 4.55. The number of rotatable bonds is 4. The molecular formula is C20H27N5O4. The third kappa shape index (κ3) is 6.72. The first-order valence-corrected chi connectivity index (χ1v) is 9.39. The summed E-state index contributed by atoms with van der Waals surface area (Å²) in [6, 6.07) is 9.34. The number of aromatic nitrogens is 2. The van der Waals surface area contributed by atoms with Crippen LogP contribution in [0.25, 0.3) is 0 Å². The summed E-state index contributed by atoms with van der Waals surface area (Å²) >= 11 is 0. The van der Waals surface area contributed by atoms with Gasteiger partial charge in [-0.25, -0.2) is 0 Å². The van der Waals surface area contributed by atoms with E-state index in [0.29, 0.717) is 31.7 Å². The molecule has 1 saturated heterocycles. The van der Waals surface area contributed by atoms with Gasteiger partial charge in [0.15, 0.2) is 0 Å². The van der Waals surface area contributed by atoms with Crippen LogP contribution in [0.4, 0.5) is 5.69 Å². The van der Waals surface area contributed by atoms with Crippen LogP contribution in [0.3, 0.4) is 0 Å². The molecule has 3 rings (SSSR count). The normalized spacial score (nSPS) is 14.3.